The van der Waals surface area contributed by atoms with Crippen molar-refractivity contribution in [2.75, 3.05) is 19.6 Å². The molecular formula is C20H23N5O2. The second kappa shape index (κ2) is 8.18. The first-order valence-corrected chi connectivity index (χ1v) is 9.28. The summed E-state index contributed by atoms with van der Waals surface area (Å²) in [5.74, 6) is 2.07. The van der Waals surface area contributed by atoms with Gasteiger partial charge < -0.3 is 14.3 Å². The maximum atomic E-state index is 11.9. The van der Waals surface area contributed by atoms with Crippen LogP contribution in [0.4, 0.5) is 0 Å². The Morgan fingerprint density at radius 1 is 1.07 bits per heavy atom. The van der Waals surface area contributed by atoms with E-state index in [0.29, 0.717) is 18.7 Å². The van der Waals surface area contributed by atoms with E-state index < -0.39 is 0 Å². The summed E-state index contributed by atoms with van der Waals surface area (Å²) in [6, 6.07) is 13.9. The van der Waals surface area contributed by atoms with E-state index >= 15 is 0 Å². The summed E-state index contributed by atoms with van der Waals surface area (Å²) >= 11 is 0. The molecule has 1 aromatic carbocycles. The van der Waals surface area contributed by atoms with E-state index in [1.54, 1.807) is 12.1 Å². The summed E-state index contributed by atoms with van der Waals surface area (Å²) in [5, 5.41) is 11.6. The summed E-state index contributed by atoms with van der Waals surface area (Å²) < 4.78 is 7.30. The van der Waals surface area contributed by atoms with Gasteiger partial charge in [0.2, 0.25) is 0 Å². The number of hydrogen-bond acceptors (Lipinski definition) is 5. The summed E-state index contributed by atoms with van der Waals surface area (Å²) in [5.41, 5.74) is 1.33. The molecule has 0 saturated heterocycles. The van der Waals surface area contributed by atoms with Crippen molar-refractivity contribution in [3.8, 4) is 0 Å². The van der Waals surface area contributed by atoms with Gasteiger partial charge in [-0.3, -0.25) is 9.69 Å². The number of fused-ring (bicyclic) bond motifs is 1. The lowest BCUT2D eigenvalue weighted by molar-refractivity contribution is 0.0926. The molecule has 1 aliphatic rings. The normalized spacial score (nSPS) is 14.5. The fourth-order valence-electron chi connectivity index (χ4n) is 3.39. The van der Waals surface area contributed by atoms with Crippen molar-refractivity contribution in [3.63, 3.8) is 0 Å². The molecule has 7 nitrogen and oxygen atoms in total. The Morgan fingerprint density at radius 2 is 1.96 bits per heavy atom. The monoisotopic (exact) mass is 365 g/mol. The molecule has 0 unspecified atom stereocenters. The Labute approximate surface area is 158 Å². The molecule has 0 saturated carbocycles. The van der Waals surface area contributed by atoms with Gasteiger partial charge in [0.1, 0.15) is 11.6 Å². The smallest absolute Gasteiger partial charge is 0.286 e. The van der Waals surface area contributed by atoms with Crippen LogP contribution in [-0.4, -0.2) is 45.2 Å². The molecule has 4 rings (SSSR count). The molecule has 0 atom stereocenters. The minimum Gasteiger partial charge on any atom is -0.459 e. The molecule has 1 aliphatic heterocycles. The van der Waals surface area contributed by atoms with Crippen LogP contribution in [0.25, 0.3) is 0 Å². The fraction of sp³-hybridized carbons (Fsp3) is 0.350. The van der Waals surface area contributed by atoms with Crippen molar-refractivity contribution in [3.05, 3.63) is 71.7 Å². The van der Waals surface area contributed by atoms with Crippen molar-refractivity contribution in [2.24, 2.45) is 0 Å². The Kier molecular flexibility index (Phi) is 5.29. The van der Waals surface area contributed by atoms with Crippen LogP contribution >= 0.6 is 0 Å². The van der Waals surface area contributed by atoms with E-state index in [1.165, 1.54) is 11.8 Å². The topological polar surface area (TPSA) is 76.2 Å². The number of nitrogens with zero attached hydrogens (tertiary/aromatic N) is 4. The molecule has 0 aliphatic carbocycles. The second-order valence-electron chi connectivity index (χ2n) is 6.68. The van der Waals surface area contributed by atoms with Gasteiger partial charge >= 0.3 is 0 Å². The number of rotatable bonds is 6. The Bertz CT molecular complexity index is 873. The number of carbonyl (C=O) groups excluding carboxylic acids is 1. The van der Waals surface area contributed by atoms with Gasteiger partial charge in [-0.15, -0.1) is 10.2 Å². The number of carbonyl (C=O) groups is 1. The van der Waals surface area contributed by atoms with Gasteiger partial charge in [0.25, 0.3) is 5.91 Å². The summed E-state index contributed by atoms with van der Waals surface area (Å²) in [7, 11) is 0. The molecule has 7 heteroatoms. The van der Waals surface area contributed by atoms with Gasteiger partial charge in [-0.1, -0.05) is 30.3 Å². The number of amides is 1. The standard InChI is InChI=1S/C20H23N5O2/c26-20(17-7-4-14-27-17)21-10-8-18-22-23-19-9-11-24(12-13-25(18)19)15-16-5-2-1-3-6-16/h1-7,14H,8-13,15H2,(H,21,26). The second-order valence-corrected chi connectivity index (χ2v) is 6.68. The van der Waals surface area contributed by atoms with Crippen LogP contribution < -0.4 is 5.32 Å². The predicted octanol–water partition coefficient (Wildman–Crippen LogP) is 1.90. The van der Waals surface area contributed by atoms with Crippen molar-refractivity contribution in [1.29, 1.82) is 0 Å². The highest BCUT2D eigenvalue weighted by Gasteiger charge is 2.19. The minimum absolute atomic E-state index is 0.204. The molecular weight excluding hydrogens is 342 g/mol. The molecule has 0 spiro atoms. The quantitative estimate of drug-likeness (QED) is 0.722. The number of furan rings is 1. The Morgan fingerprint density at radius 3 is 2.78 bits per heavy atom. The average Bonchev–Trinajstić information content (AvgIpc) is 3.31. The summed E-state index contributed by atoms with van der Waals surface area (Å²) in [6.45, 7) is 4.27. The van der Waals surface area contributed by atoms with E-state index in [4.69, 9.17) is 4.42 Å². The van der Waals surface area contributed by atoms with E-state index in [2.05, 4.69) is 49.2 Å². The first-order valence-electron chi connectivity index (χ1n) is 9.28. The largest absolute Gasteiger partial charge is 0.459 e. The lowest BCUT2D eigenvalue weighted by Crippen LogP contribution is -2.28. The molecule has 1 amide bonds. The van der Waals surface area contributed by atoms with Gasteiger partial charge in [0.05, 0.1) is 6.26 Å². The molecule has 3 aromatic rings. The lowest BCUT2D eigenvalue weighted by atomic mass is 10.2. The van der Waals surface area contributed by atoms with Gasteiger partial charge in [-0.2, -0.15) is 0 Å². The first kappa shape index (κ1) is 17.5. The van der Waals surface area contributed by atoms with Crippen LogP contribution in [-0.2, 0) is 25.9 Å². The molecule has 0 bridgehead atoms. The van der Waals surface area contributed by atoms with Gasteiger partial charge in [-0.25, -0.2) is 0 Å². The molecule has 140 valence electrons. The van der Waals surface area contributed by atoms with Crippen LogP contribution in [0, 0.1) is 0 Å². The number of nitrogens with one attached hydrogen (secondary N) is 1. The zero-order valence-electron chi connectivity index (χ0n) is 15.2. The summed E-state index contributed by atoms with van der Waals surface area (Å²) in [4.78, 5) is 14.4. The van der Waals surface area contributed by atoms with Crippen molar-refractivity contribution in [1.82, 2.24) is 25.0 Å². The average molecular weight is 365 g/mol. The van der Waals surface area contributed by atoms with Crippen LogP contribution in [0.5, 0.6) is 0 Å². The molecule has 0 radical (unpaired) electrons. The number of aromatic nitrogens is 3. The van der Waals surface area contributed by atoms with Crippen molar-refractivity contribution >= 4 is 5.91 Å². The fourth-order valence-corrected chi connectivity index (χ4v) is 3.39. The molecule has 1 N–H and O–H groups in total. The minimum atomic E-state index is -0.204. The van der Waals surface area contributed by atoms with Crippen LogP contribution in [0.1, 0.15) is 27.8 Å². The number of benzene rings is 1. The Balaban J connectivity index is 1.32. The molecule has 27 heavy (non-hydrogen) atoms. The van der Waals surface area contributed by atoms with Crippen LogP contribution in [0.15, 0.2) is 53.1 Å². The van der Waals surface area contributed by atoms with Gasteiger partial charge in [0.15, 0.2) is 5.76 Å². The maximum Gasteiger partial charge on any atom is 0.286 e. The third-order valence-corrected chi connectivity index (χ3v) is 4.82. The van der Waals surface area contributed by atoms with Crippen molar-refractivity contribution in [2.45, 2.75) is 25.9 Å². The lowest BCUT2D eigenvalue weighted by Gasteiger charge is -2.19. The summed E-state index contributed by atoms with van der Waals surface area (Å²) in [6.07, 6.45) is 3.03. The van der Waals surface area contributed by atoms with Crippen LogP contribution in [0.3, 0.4) is 0 Å². The van der Waals surface area contributed by atoms with E-state index in [9.17, 15) is 4.79 Å². The molecule has 3 heterocycles. The molecule has 0 fully saturated rings. The highest BCUT2D eigenvalue weighted by molar-refractivity contribution is 5.91. The Hall–Kier alpha value is -2.93. The van der Waals surface area contributed by atoms with E-state index in [-0.39, 0.29) is 5.91 Å². The van der Waals surface area contributed by atoms with E-state index in [1.807, 2.05) is 6.07 Å². The highest BCUT2D eigenvalue weighted by Crippen LogP contribution is 2.12. The highest BCUT2D eigenvalue weighted by atomic mass is 16.3. The van der Waals surface area contributed by atoms with Crippen molar-refractivity contribution < 1.29 is 9.21 Å². The zero-order chi connectivity index (χ0) is 18.5. The van der Waals surface area contributed by atoms with Gasteiger partial charge in [0, 0.05) is 45.6 Å². The van der Waals surface area contributed by atoms with Crippen LogP contribution in [0.2, 0.25) is 0 Å². The zero-order valence-corrected chi connectivity index (χ0v) is 15.2. The van der Waals surface area contributed by atoms with Gasteiger partial charge in [-0.05, 0) is 17.7 Å². The SMILES string of the molecule is O=C(NCCc1nnc2n1CCN(Cc1ccccc1)CC2)c1ccco1. The molecule has 2 aromatic heterocycles. The third kappa shape index (κ3) is 4.25. The maximum absolute atomic E-state index is 11.9. The predicted molar refractivity (Wildman–Crippen MR) is 100 cm³/mol. The van der Waals surface area contributed by atoms with E-state index in [0.717, 1.165) is 44.2 Å². The first-order chi connectivity index (χ1) is 13.3. The number of hydrogen-bond donors (Lipinski definition) is 1. The third-order valence-electron chi connectivity index (χ3n) is 4.82.